The van der Waals surface area contributed by atoms with Crippen LogP contribution in [0.2, 0.25) is 5.02 Å². The van der Waals surface area contributed by atoms with Gasteiger partial charge in [-0.05, 0) is 11.4 Å². The number of aromatic nitrogens is 3. The third kappa shape index (κ3) is 2.25. The van der Waals surface area contributed by atoms with E-state index in [0.29, 0.717) is 17.5 Å². The molecule has 0 aliphatic rings. The third-order valence-electron chi connectivity index (χ3n) is 2.22. The van der Waals surface area contributed by atoms with E-state index in [2.05, 4.69) is 10.1 Å². The first kappa shape index (κ1) is 10.6. The Morgan fingerprint density at radius 2 is 2.35 bits per heavy atom. The molecule has 0 aliphatic heterocycles. The molecule has 0 amide bonds. The van der Waals surface area contributed by atoms with Crippen molar-refractivity contribution < 1.29 is 4.42 Å². The van der Waals surface area contributed by atoms with E-state index < -0.39 is 0 Å². The molecule has 0 saturated carbocycles. The number of hydrogen-bond donors (Lipinski definition) is 0. The highest BCUT2D eigenvalue weighted by molar-refractivity contribution is 7.13. The molecule has 0 unspecified atom stereocenters. The van der Waals surface area contributed by atoms with Crippen LogP contribution in [0, 0.1) is 0 Å². The summed E-state index contributed by atoms with van der Waals surface area (Å²) < 4.78 is 7.32. The van der Waals surface area contributed by atoms with E-state index in [0.717, 1.165) is 10.6 Å². The van der Waals surface area contributed by atoms with Crippen LogP contribution in [0.1, 0.15) is 5.89 Å². The van der Waals surface area contributed by atoms with Gasteiger partial charge in [0.15, 0.2) is 5.76 Å². The zero-order valence-electron chi connectivity index (χ0n) is 8.71. The van der Waals surface area contributed by atoms with E-state index in [-0.39, 0.29) is 0 Å². The summed E-state index contributed by atoms with van der Waals surface area (Å²) in [5.74, 6) is 1.40. The van der Waals surface area contributed by atoms with Crippen molar-refractivity contribution in [3.63, 3.8) is 0 Å². The van der Waals surface area contributed by atoms with Gasteiger partial charge in [-0.25, -0.2) is 4.98 Å². The van der Waals surface area contributed by atoms with Crippen LogP contribution in [0.3, 0.4) is 0 Å². The molecule has 0 fully saturated rings. The maximum Gasteiger partial charge on any atom is 0.216 e. The van der Waals surface area contributed by atoms with E-state index in [1.807, 2.05) is 17.5 Å². The molecule has 4 nitrogen and oxygen atoms in total. The SMILES string of the molecule is Clc1cnn(Cc2ncc(-c3cccs3)o2)c1. The molecule has 3 heterocycles. The quantitative estimate of drug-likeness (QED) is 0.730. The first-order valence-electron chi connectivity index (χ1n) is 4.98. The Bertz CT molecular complexity index is 614. The van der Waals surface area contributed by atoms with Crippen LogP contribution in [0.5, 0.6) is 0 Å². The fraction of sp³-hybridized carbons (Fsp3) is 0.0909. The second kappa shape index (κ2) is 4.35. The van der Waals surface area contributed by atoms with Crippen molar-refractivity contribution in [2.45, 2.75) is 6.54 Å². The molecule has 0 radical (unpaired) electrons. The van der Waals surface area contributed by atoms with Crippen LogP contribution in [0.25, 0.3) is 10.6 Å². The third-order valence-corrected chi connectivity index (χ3v) is 3.30. The summed E-state index contributed by atoms with van der Waals surface area (Å²) in [6.07, 6.45) is 5.05. The summed E-state index contributed by atoms with van der Waals surface area (Å²) in [5.41, 5.74) is 0. The molecule has 0 saturated heterocycles. The monoisotopic (exact) mass is 265 g/mol. The average molecular weight is 266 g/mol. The summed E-state index contributed by atoms with van der Waals surface area (Å²) in [5, 5.41) is 6.68. The van der Waals surface area contributed by atoms with Crippen LogP contribution in [-0.4, -0.2) is 14.8 Å². The van der Waals surface area contributed by atoms with Crippen molar-refractivity contribution in [2.75, 3.05) is 0 Å². The molecule has 3 aromatic rings. The molecule has 0 N–H and O–H groups in total. The Balaban J connectivity index is 1.81. The van der Waals surface area contributed by atoms with Crippen LogP contribution in [-0.2, 0) is 6.54 Å². The minimum Gasteiger partial charge on any atom is -0.438 e. The number of hydrogen-bond acceptors (Lipinski definition) is 4. The van der Waals surface area contributed by atoms with Gasteiger partial charge in [-0.2, -0.15) is 5.10 Å². The maximum absolute atomic E-state index is 5.78. The van der Waals surface area contributed by atoms with Gasteiger partial charge in [0, 0.05) is 6.20 Å². The van der Waals surface area contributed by atoms with Crippen molar-refractivity contribution in [1.29, 1.82) is 0 Å². The van der Waals surface area contributed by atoms with Crippen molar-refractivity contribution in [2.24, 2.45) is 0 Å². The molecule has 86 valence electrons. The number of halogens is 1. The summed E-state index contributed by atoms with van der Waals surface area (Å²) in [4.78, 5) is 5.28. The fourth-order valence-corrected chi connectivity index (χ4v) is 2.31. The second-order valence-electron chi connectivity index (χ2n) is 3.45. The predicted octanol–water partition coefficient (Wildman–Crippen LogP) is 3.30. The molecule has 0 spiro atoms. The molecule has 3 rings (SSSR count). The van der Waals surface area contributed by atoms with Gasteiger partial charge in [0.25, 0.3) is 0 Å². The zero-order chi connectivity index (χ0) is 11.7. The van der Waals surface area contributed by atoms with E-state index in [9.17, 15) is 0 Å². The molecule has 0 atom stereocenters. The summed E-state index contributed by atoms with van der Waals surface area (Å²) in [6.45, 7) is 0.484. The van der Waals surface area contributed by atoms with Gasteiger partial charge in [0.05, 0.1) is 22.3 Å². The minimum absolute atomic E-state index is 0.484. The molecule has 0 aliphatic carbocycles. The van der Waals surface area contributed by atoms with Gasteiger partial charge >= 0.3 is 0 Å². The molecule has 3 aromatic heterocycles. The lowest BCUT2D eigenvalue weighted by atomic mass is 10.4. The fourth-order valence-electron chi connectivity index (χ4n) is 1.48. The summed E-state index contributed by atoms with van der Waals surface area (Å²) in [6, 6.07) is 3.98. The van der Waals surface area contributed by atoms with Crippen LogP contribution >= 0.6 is 22.9 Å². The average Bonchev–Trinajstić information content (AvgIpc) is 3.00. The van der Waals surface area contributed by atoms with Gasteiger partial charge in [0.1, 0.15) is 6.54 Å². The number of oxazole rings is 1. The predicted molar refractivity (Wildman–Crippen MR) is 66.2 cm³/mol. The standard InChI is InChI=1S/C11H8ClN3OS/c12-8-4-14-15(6-8)7-11-13-5-9(16-11)10-2-1-3-17-10/h1-6H,7H2. The Morgan fingerprint density at radius 3 is 3.06 bits per heavy atom. The number of thiophene rings is 1. The summed E-state index contributed by atoms with van der Waals surface area (Å²) >= 11 is 7.40. The van der Waals surface area contributed by atoms with Gasteiger partial charge in [0.2, 0.25) is 5.89 Å². The van der Waals surface area contributed by atoms with Gasteiger partial charge in [-0.3, -0.25) is 4.68 Å². The Kier molecular flexibility index (Phi) is 2.70. The van der Waals surface area contributed by atoms with Crippen LogP contribution < -0.4 is 0 Å². The molecular weight excluding hydrogens is 258 g/mol. The summed E-state index contributed by atoms with van der Waals surface area (Å²) in [7, 11) is 0. The maximum atomic E-state index is 5.78. The Labute approximate surface area is 106 Å². The smallest absolute Gasteiger partial charge is 0.216 e. The highest BCUT2D eigenvalue weighted by Crippen LogP contribution is 2.25. The largest absolute Gasteiger partial charge is 0.438 e. The number of rotatable bonds is 3. The molecular formula is C11H8ClN3OS. The van der Waals surface area contributed by atoms with Gasteiger partial charge in [-0.1, -0.05) is 17.7 Å². The number of nitrogens with zero attached hydrogens (tertiary/aromatic N) is 3. The lowest BCUT2D eigenvalue weighted by molar-refractivity contribution is 0.475. The lowest BCUT2D eigenvalue weighted by Crippen LogP contribution is -1.99. The Morgan fingerprint density at radius 1 is 1.41 bits per heavy atom. The normalized spacial score (nSPS) is 10.9. The first-order chi connectivity index (χ1) is 8.31. The van der Waals surface area contributed by atoms with E-state index in [4.69, 9.17) is 16.0 Å². The lowest BCUT2D eigenvalue weighted by Gasteiger charge is -1.95. The van der Waals surface area contributed by atoms with Crippen molar-refractivity contribution in [3.8, 4) is 10.6 Å². The first-order valence-corrected chi connectivity index (χ1v) is 6.23. The molecule has 0 aromatic carbocycles. The van der Waals surface area contributed by atoms with Crippen molar-refractivity contribution >= 4 is 22.9 Å². The Hall–Kier alpha value is -1.59. The van der Waals surface area contributed by atoms with Gasteiger partial charge < -0.3 is 4.42 Å². The van der Waals surface area contributed by atoms with Crippen molar-refractivity contribution in [1.82, 2.24) is 14.8 Å². The molecule has 6 heteroatoms. The van der Waals surface area contributed by atoms with E-state index >= 15 is 0 Å². The highest BCUT2D eigenvalue weighted by atomic mass is 35.5. The minimum atomic E-state index is 0.484. The van der Waals surface area contributed by atoms with Gasteiger partial charge in [-0.15, -0.1) is 11.3 Å². The topological polar surface area (TPSA) is 43.9 Å². The van der Waals surface area contributed by atoms with E-state index in [1.165, 1.54) is 0 Å². The van der Waals surface area contributed by atoms with Crippen LogP contribution in [0.15, 0.2) is 40.5 Å². The van der Waals surface area contributed by atoms with Crippen molar-refractivity contribution in [3.05, 3.63) is 47.0 Å². The second-order valence-corrected chi connectivity index (χ2v) is 4.84. The zero-order valence-corrected chi connectivity index (χ0v) is 10.3. The van der Waals surface area contributed by atoms with Crippen LogP contribution in [0.4, 0.5) is 0 Å². The molecule has 17 heavy (non-hydrogen) atoms. The molecule has 0 bridgehead atoms. The highest BCUT2D eigenvalue weighted by Gasteiger charge is 2.08. The van der Waals surface area contributed by atoms with E-state index in [1.54, 1.807) is 34.6 Å².